The molecule has 1 fully saturated rings. The number of nitriles is 1. The third-order valence-electron chi connectivity index (χ3n) is 3.50. The molecule has 1 N–H and O–H groups in total. The van der Waals surface area contributed by atoms with Crippen molar-refractivity contribution in [2.24, 2.45) is 5.92 Å². The molecule has 1 heterocycles. The molecule has 0 saturated carbocycles. The zero-order chi connectivity index (χ0) is 12.2. The summed E-state index contributed by atoms with van der Waals surface area (Å²) >= 11 is 0. The van der Waals surface area contributed by atoms with Gasteiger partial charge in [-0.25, -0.2) is 0 Å². The largest absolute Gasteiger partial charge is 0.378 e. The van der Waals surface area contributed by atoms with E-state index in [1.54, 1.807) is 0 Å². The molecule has 3 heteroatoms. The highest BCUT2D eigenvalue weighted by molar-refractivity contribution is 5.10. The van der Waals surface area contributed by atoms with Crippen LogP contribution in [0.4, 0.5) is 0 Å². The highest BCUT2D eigenvalue weighted by Gasteiger charge is 2.38. The smallest absolute Gasteiger partial charge is 0.111 e. The zero-order valence-electron chi connectivity index (χ0n) is 10.9. The van der Waals surface area contributed by atoms with E-state index in [4.69, 9.17) is 4.74 Å². The Morgan fingerprint density at radius 3 is 2.69 bits per heavy atom. The second-order valence-electron chi connectivity index (χ2n) is 5.25. The molecule has 0 bridgehead atoms. The van der Waals surface area contributed by atoms with Gasteiger partial charge >= 0.3 is 0 Å². The van der Waals surface area contributed by atoms with Crippen molar-refractivity contribution in [1.29, 1.82) is 5.26 Å². The molecule has 3 atom stereocenters. The van der Waals surface area contributed by atoms with Crippen molar-refractivity contribution in [3.8, 4) is 6.07 Å². The van der Waals surface area contributed by atoms with E-state index in [1.165, 1.54) is 0 Å². The van der Waals surface area contributed by atoms with E-state index in [-0.39, 0.29) is 11.6 Å². The van der Waals surface area contributed by atoms with Gasteiger partial charge in [-0.05, 0) is 19.3 Å². The van der Waals surface area contributed by atoms with Crippen molar-refractivity contribution in [2.45, 2.75) is 64.6 Å². The summed E-state index contributed by atoms with van der Waals surface area (Å²) in [5.74, 6) is 0.478. The van der Waals surface area contributed by atoms with Gasteiger partial charge in [-0.15, -0.1) is 0 Å². The normalized spacial score (nSPS) is 32.4. The Kier molecular flexibility index (Phi) is 4.76. The molecule has 16 heavy (non-hydrogen) atoms. The summed E-state index contributed by atoms with van der Waals surface area (Å²) in [5, 5.41) is 12.9. The molecule has 0 amide bonds. The molecule has 92 valence electrons. The van der Waals surface area contributed by atoms with Crippen LogP contribution in [0.25, 0.3) is 0 Å². The lowest BCUT2D eigenvalue weighted by Crippen LogP contribution is -2.54. The van der Waals surface area contributed by atoms with Crippen LogP contribution >= 0.6 is 0 Å². The van der Waals surface area contributed by atoms with Crippen LogP contribution in [0.2, 0.25) is 0 Å². The standard InChI is InChI=1S/C13H24N2O/c1-5-11(4)15-13(9-14)6-7-16-12(8-13)10(2)3/h10-12,15H,5-8H2,1-4H3. The Labute approximate surface area is 99.2 Å². The first kappa shape index (κ1) is 13.5. The minimum Gasteiger partial charge on any atom is -0.378 e. The van der Waals surface area contributed by atoms with E-state index in [0.717, 1.165) is 19.3 Å². The van der Waals surface area contributed by atoms with Crippen LogP contribution in [-0.2, 0) is 4.74 Å². The number of hydrogen-bond donors (Lipinski definition) is 1. The number of nitrogens with zero attached hydrogens (tertiary/aromatic N) is 1. The van der Waals surface area contributed by atoms with E-state index >= 15 is 0 Å². The Morgan fingerprint density at radius 1 is 1.50 bits per heavy atom. The number of rotatable bonds is 4. The van der Waals surface area contributed by atoms with Crippen molar-refractivity contribution < 1.29 is 4.74 Å². The van der Waals surface area contributed by atoms with Crippen molar-refractivity contribution in [3.63, 3.8) is 0 Å². The molecule has 1 aliphatic heterocycles. The first-order chi connectivity index (χ1) is 7.53. The van der Waals surface area contributed by atoms with Gasteiger partial charge in [0.1, 0.15) is 5.54 Å². The van der Waals surface area contributed by atoms with Crippen LogP contribution in [0, 0.1) is 17.2 Å². The summed E-state index contributed by atoms with van der Waals surface area (Å²) in [6, 6.07) is 2.87. The Morgan fingerprint density at radius 2 is 2.19 bits per heavy atom. The van der Waals surface area contributed by atoms with Crippen LogP contribution in [0.1, 0.15) is 47.0 Å². The molecule has 1 rings (SSSR count). The maximum atomic E-state index is 9.42. The van der Waals surface area contributed by atoms with Crippen LogP contribution in [0.5, 0.6) is 0 Å². The third kappa shape index (κ3) is 3.20. The van der Waals surface area contributed by atoms with Gasteiger partial charge in [0.15, 0.2) is 0 Å². The molecular weight excluding hydrogens is 200 g/mol. The molecule has 0 aromatic heterocycles. The van der Waals surface area contributed by atoms with Crippen molar-refractivity contribution in [2.75, 3.05) is 6.61 Å². The van der Waals surface area contributed by atoms with Gasteiger partial charge in [0.2, 0.25) is 0 Å². The van der Waals surface area contributed by atoms with Crippen LogP contribution in [0.3, 0.4) is 0 Å². The van der Waals surface area contributed by atoms with E-state index in [1.807, 2.05) is 0 Å². The highest BCUT2D eigenvalue weighted by Crippen LogP contribution is 2.28. The van der Waals surface area contributed by atoms with E-state index in [2.05, 4.69) is 39.1 Å². The fourth-order valence-corrected chi connectivity index (χ4v) is 2.16. The SMILES string of the molecule is CCC(C)NC1(C#N)CCOC(C(C)C)C1. The summed E-state index contributed by atoms with van der Waals surface area (Å²) in [6.07, 6.45) is 2.88. The van der Waals surface area contributed by atoms with Crippen molar-refractivity contribution in [1.82, 2.24) is 5.32 Å². The number of ether oxygens (including phenoxy) is 1. The second-order valence-corrected chi connectivity index (χ2v) is 5.25. The summed E-state index contributed by atoms with van der Waals surface area (Å²) in [5.41, 5.74) is -0.372. The molecule has 3 unspecified atom stereocenters. The summed E-state index contributed by atoms with van der Waals surface area (Å²) < 4.78 is 5.72. The molecule has 0 aromatic rings. The molecule has 1 saturated heterocycles. The van der Waals surface area contributed by atoms with Crippen molar-refractivity contribution >= 4 is 0 Å². The monoisotopic (exact) mass is 224 g/mol. The van der Waals surface area contributed by atoms with Gasteiger partial charge in [0, 0.05) is 25.5 Å². The predicted molar refractivity (Wildman–Crippen MR) is 65.0 cm³/mol. The molecule has 0 radical (unpaired) electrons. The van der Waals surface area contributed by atoms with E-state index in [9.17, 15) is 5.26 Å². The quantitative estimate of drug-likeness (QED) is 0.798. The Bertz CT molecular complexity index is 259. The summed E-state index contributed by atoms with van der Waals surface area (Å²) in [6.45, 7) is 9.28. The van der Waals surface area contributed by atoms with Gasteiger partial charge in [-0.3, -0.25) is 5.32 Å². The summed E-state index contributed by atoms with van der Waals surface area (Å²) in [7, 11) is 0. The fourth-order valence-electron chi connectivity index (χ4n) is 2.16. The minimum absolute atomic E-state index is 0.213. The topological polar surface area (TPSA) is 45.0 Å². The Hall–Kier alpha value is -0.590. The minimum atomic E-state index is -0.372. The zero-order valence-corrected chi connectivity index (χ0v) is 10.9. The van der Waals surface area contributed by atoms with Gasteiger partial charge in [-0.2, -0.15) is 5.26 Å². The lowest BCUT2D eigenvalue weighted by atomic mass is 9.83. The van der Waals surface area contributed by atoms with Crippen molar-refractivity contribution in [3.05, 3.63) is 0 Å². The predicted octanol–water partition coefficient (Wildman–Crippen LogP) is 2.47. The summed E-state index contributed by atoms with van der Waals surface area (Å²) in [4.78, 5) is 0. The van der Waals surface area contributed by atoms with E-state index in [0.29, 0.717) is 18.6 Å². The van der Waals surface area contributed by atoms with Gasteiger partial charge in [-0.1, -0.05) is 20.8 Å². The maximum absolute atomic E-state index is 9.42. The first-order valence-corrected chi connectivity index (χ1v) is 6.33. The van der Waals surface area contributed by atoms with Gasteiger partial charge in [0.25, 0.3) is 0 Å². The van der Waals surface area contributed by atoms with Crippen LogP contribution in [0.15, 0.2) is 0 Å². The average molecular weight is 224 g/mol. The lowest BCUT2D eigenvalue weighted by Gasteiger charge is -2.39. The van der Waals surface area contributed by atoms with E-state index < -0.39 is 0 Å². The van der Waals surface area contributed by atoms with Crippen LogP contribution < -0.4 is 5.32 Å². The fraction of sp³-hybridized carbons (Fsp3) is 0.923. The lowest BCUT2D eigenvalue weighted by molar-refractivity contribution is -0.0403. The second kappa shape index (κ2) is 5.65. The van der Waals surface area contributed by atoms with Gasteiger partial charge in [0.05, 0.1) is 12.2 Å². The Balaban J connectivity index is 2.68. The molecule has 0 aliphatic carbocycles. The average Bonchev–Trinajstić information content (AvgIpc) is 2.29. The molecule has 1 aliphatic rings. The molecule has 0 spiro atoms. The number of nitrogens with one attached hydrogen (secondary N) is 1. The maximum Gasteiger partial charge on any atom is 0.111 e. The molecule has 3 nitrogen and oxygen atoms in total. The third-order valence-corrected chi connectivity index (χ3v) is 3.50. The molecular formula is C13H24N2O. The van der Waals surface area contributed by atoms with Crippen LogP contribution in [-0.4, -0.2) is 24.3 Å². The first-order valence-electron chi connectivity index (χ1n) is 6.33. The van der Waals surface area contributed by atoms with Gasteiger partial charge < -0.3 is 4.74 Å². The molecule has 0 aromatic carbocycles. The highest BCUT2D eigenvalue weighted by atomic mass is 16.5. The number of hydrogen-bond acceptors (Lipinski definition) is 3.